The van der Waals surface area contributed by atoms with Gasteiger partial charge in [-0.3, -0.25) is 4.79 Å². The lowest BCUT2D eigenvalue weighted by molar-refractivity contribution is -0.117. The zero-order valence-corrected chi connectivity index (χ0v) is 20.0. The third kappa shape index (κ3) is 7.19. The summed E-state index contributed by atoms with van der Waals surface area (Å²) in [6, 6.07) is 17.9. The Hall–Kier alpha value is -2.29. The van der Waals surface area contributed by atoms with Crippen molar-refractivity contribution in [3.63, 3.8) is 0 Å². The van der Waals surface area contributed by atoms with E-state index in [-0.39, 0.29) is 36.0 Å². The Kier molecular flexibility index (Phi) is 9.93. The highest BCUT2D eigenvalue weighted by molar-refractivity contribution is 14.0. The van der Waals surface area contributed by atoms with Crippen LogP contribution in [-0.4, -0.2) is 37.6 Å². The van der Waals surface area contributed by atoms with Gasteiger partial charge in [0.15, 0.2) is 5.96 Å². The number of anilines is 1. The van der Waals surface area contributed by atoms with Crippen molar-refractivity contribution < 1.29 is 9.53 Å². The lowest BCUT2D eigenvalue weighted by Crippen LogP contribution is -2.41. The topological polar surface area (TPSA) is 66.0 Å². The molecule has 3 rings (SSSR count). The first-order valence-corrected chi connectivity index (χ1v) is 10.3. The molecular formula is C23H31IN4O2. The molecule has 0 radical (unpaired) electrons. The predicted octanol–water partition coefficient (Wildman–Crippen LogP) is 3.95. The molecule has 0 bridgehead atoms. The minimum absolute atomic E-state index is 0. The van der Waals surface area contributed by atoms with Gasteiger partial charge < -0.3 is 20.3 Å². The fourth-order valence-electron chi connectivity index (χ4n) is 3.23. The molecule has 6 nitrogen and oxygen atoms in total. The average Bonchev–Trinajstić information content (AvgIpc) is 3.17. The average molecular weight is 522 g/mol. The molecule has 0 saturated carbocycles. The summed E-state index contributed by atoms with van der Waals surface area (Å²) in [6.07, 6.45) is 1.60. The monoisotopic (exact) mass is 522 g/mol. The number of amides is 1. The first kappa shape index (κ1) is 24.0. The van der Waals surface area contributed by atoms with E-state index in [9.17, 15) is 4.79 Å². The smallest absolute Gasteiger partial charge is 0.227 e. The van der Waals surface area contributed by atoms with E-state index in [4.69, 9.17) is 4.74 Å². The van der Waals surface area contributed by atoms with Crippen LogP contribution < -0.4 is 20.3 Å². The maximum Gasteiger partial charge on any atom is 0.227 e. The molecule has 2 N–H and O–H groups in total. The third-order valence-corrected chi connectivity index (χ3v) is 4.72. The number of nitrogens with zero attached hydrogens (tertiary/aromatic N) is 2. The third-order valence-electron chi connectivity index (χ3n) is 4.72. The second-order valence-electron chi connectivity index (χ2n) is 7.13. The number of hydrogen-bond acceptors (Lipinski definition) is 3. The van der Waals surface area contributed by atoms with Crippen LogP contribution in [0.5, 0.6) is 5.75 Å². The number of guanidine groups is 1. The molecule has 1 saturated heterocycles. The Balaban J connectivity index is 0.00000320. The van der Waals surface area contributed by atoms with Gasteiger partial charge in [0.25, 0.3) is 0 Å². The van der Waals surface area contributed by atoms with Crippen LogP contribution in [0, 0.1) is 0 Å². The predicted molar refractivity (Wildman–Crippen MR) is 133 cm³/mol. The fourth-order valence-corrected chi connectivity index (χ4v) is 3.23. The number of ether oxygens (including phenoxy) is 1. The summed E-state index contributed by atoms with van der Waals surface area (Å²) < 4.78 is 5.90. The van der Waals surface area contributed by atoms with Crippen molar-refractivity contribution in [2.45, 2.75) is 39.3 Å². The summed E-state index contributed by atoms with van der Waals surface area (Å²) in [7, 11) is 0. The number of hydrogen-bond donors (Lipinski definition) is 2. The molecule has 1 aliphatic rings. The minimum Gasteiger partial charge on any atom is -0.489 e. The van der Waals surface area contributed by atoms with Gasteiger partial charge in [-0.25, -0.2) is 4.99 Å². The summed E-state index contributed by atoms with van der Waals surface area (Å²) in [4.78, 5) is 18.4. The highest BCUT2D eigenvalue weighted by Gasteiger charge is 2.21. The molecule has 0 aliphatic carbocycles. The van der Waals surface area contributed by atoms with Gasteiger partial charge in [0.2, 0.25) is 5.91 Å². The number of carbonyl (C=O) groups excluding carboxylic acids is 1. The molecule has 162 valence electrons. The number of benzene rings is 2. The van der Waals surface area contributed by atoms with Crippen LogP contribution in [-0.2, 0) is 11.3 Å². The number of nitrogens with one attached hydrogen (secondary N) is 2. The molecule has 1 amide bonds. The zero-order chi connectivity index (χ0) is 20.5. The number of para-hydroxylation sites is 1. The normalized spacial score (nSPS) is 14.8. The molecule has 2 aromatic rings. The fraction of sp³-hybridized carbons (Fsp3) is 0.391. The van der Waals surface area contributed by atoms with Gasteiger partial charge in [-0.15, -0.1) is 24.0 Å². The van der Waals surface area contributed by atoms with E-state index in [1.54, 1.807) is 0 Å². The van der Waals surface area contributed by atoms with Crippen LogP contribution in [0.15, 0.2) is 59.6 Å². The Labute approximate surface area is 196 Å². The van der Waals surface area contributed by atoms with Gasteiger partial charge in [0.05, 0.1) is 13.1 Å². The molecule has 30 heavy (non-hydrogen) atoms. The van der Waals surface area contributed by atoms with Crippen LogP contribution in [0.25, 0.3) is 0 Å². The first-order valence-electron chi connectivity index (χ1n) is 10.3. The lowest BCUT2D eigenvalue weighted by atomic mass is 10.2. The van der Waals surface area contributed by atoms with E-state index in [2.05, 4.69) is 15.6 Å². The SMILES string of the molecule is CCNC(=NCc1ccc(N2CCCC2=O)cc1)NCC(C)Oc1ccccc1.I. The number of aliphatic imine (C=N–C) groups is 1. The molecule has 1 unspecified atom stereocenters. The van der Waals surface area contributed by atoms with Crippen LogP contribution in [0.4, 0.5) is 5.69 Å². The van der Waals surface area contributed by atoms with E-state index in [0.717, 1.165) is 42.5 Å². The van der Waals surface area contributed by atoms with Crippen molar-refractivity contribution in [3.8, 4) is 5.75 Å². The summed E-state index contributed by atoms with van der Waals surface area (Å²) in [6.45, 7) is 6.89. The van der Waals surface area contributed by atoms with Gasteiger partial charge >= 0.3 is 0 Å². The van der Waals surface area contributed by atoms with Gasteiger partial charge in [-0.05, 0) is 50.1 Å². The highest BCUT2D eigenvalue weighted by atomic mass is 127. The largest absolute Gasteiger partial charge is 0.489 e. The second-order valence-corrected chi connectivity index (χ2v) is 7.13. The van der Waals surface area contributed by atoms with E-state index in [1.165, 1.54) is 0 Å². The van der Waals surface area contributed by atoms with Gasteiger partial charge in [0.1, 0.15) is 11.9 Å². The van der Waals surface area contributed by atoms with Gasteiger partial charge in [-0.1, -0.05) is 30.3 Å². The quantitative estimate of drug-likeness (QED) is 0.313. The molecule has 7 heteroatoms. The Morgan fingerprint density at radius 3 is 2.50 bits per heavy atom. The molecule has 2 aromatic carbocycles. The molecule has 1 fully saturated rings. The van der Waals surface area contributed by atoms with E-state index in [1.807, 2.05) is 73.3 Å². The molecule has 1 atom stereocenters. The van der Waals surface area contributed by atoms with Crippen molar-refractivity contribution >= 4 is 41.5 Å². The zero-order valence-electron chi connectivity index (χ0n) is 17.6. The summed E-state index contributed by atoms with van der Waals surface area (Å²) in [5.74, 6) is 1.83. The molecule has 0 aromatic heterocycles. The summed E-state index contributed by atoms with van der Waals surface area (Å²) >= 11 is 0. The van der Waals surface area contributed by atoms with Crippen LogP contribution >= 0.6 is 24.0 Å². The lowest BCUT2D eigenvalue weighted by Gasteiger charge is -2.18. The van der Waals surface area contributed by atoms with Gasteiger partial charge in [0, 0.05) is 25.2 Å². The van der Waals surface area contributed by atoms with Crippen LogP contribution in [0.2, 0.25) is 0 Å². The van der Waals surface area contributed by atoms with Crippen molar-refractivity contribution in [1.29, 1.82) is 0 Å². The maximum atomic E-state index is 11.9. The van der Waals surface area contributed by atoms with E-state index in [0.29, 0.717) is 19.5 Å². The van der Waals surface area contributed by atoms with Crippen LogP contribution in [0.3, 0.4) is 0 Å². The first-order chi connectivity index (χ1) is 14.2. The number of halogens is 1. The van der Waals surface area contributed by atoms with E-state index < -0.39 is 0 Å². The molecule has 1 heterocycles. The Morgan fingerprint density at radius 1 is 1.13 bits per heavy atom. The highest BCUT2D eigenvalue weighted by Crippen LogP contribution is 2.21. The Morgan fingerprint density at radius 2 is 1.87 bits per heavy atom. The Bertz CT molecular complexity index is 812. The standard InChI is InChI=1S/C23H30N4O2.HI/c1-3-24-23(25-16-18(2)29-21-8-5-4-6-9-21)26-17-19-11-13-20(14-12-19)27-15-7-10-22(27)28;/h4-6,8-9,11-14,18H,3,7,10,15-17H2,1-2H3,(H2,24,25,26);1H. The van der Waals surface area contributed by atoms with Crippen LogP contribution in [0.1, 0.15) is 32.3 Å². The summed E-state index contributed by atoms with van der Waals surface area (Å²) in [5.41, 5.74) is 2.07. The van der Waals surface area contributed by atoms with Crippen molar-refractivity contribution in [2.24, 2.45) is 4.99 Å². The number of carbonyl (C=O) groups is 1. The molecule has 1 aliphatic heterocycles. The van der Waals surface area contributed by atoms with Crippen molar-refractivity contribution in [1.82, 2.24) is 10.6 Å². The van der Waals surface area contributed by atoms with Gasteiger partial charge in [-0.2, -0.15) is 0 Å². The van der Waals surface area contributed by atoms with Crippen molar-refractivity contribution in [3.05, 3.63) is 60.2 Å². The van der Waals surface area contributed by atoms with E-state index >= 15 is 0 Å². The number of rotatable bonds is 8. The second kappa shape index (κ2) is 12.4. The minimum atomic E-state index is 0. The summed E-state index contributed by atoms with van der Waals surface area (Å²) in [5, 5.41) is 6.60. The maximum absolute atomic E-state index is 11.9. The van der Waals surface area contributed by atoms with Crippen molar-refractivity contribution in [2.75, 3.05) is 24.5 Å². The molecule has 0 spiro atoms. The molecular weight excluding hydrogens is 491 g/mol.